The van der Waals surface area contributed by atoms with Crippen LogP contribution in [0.2, 0.25) is 0 Å². The van der Waals surface area contributed by atoms with Crippen molar-refractivity contribution in [2.75, 3.05) is 32.9 Å². The molecule has 1 fully saturated rings. The van der Waals surface area contributed by atoms with E-state index in [0.717, 1.165) is 32.4 Å². The van der Waals surface area contributed by atoms with Crippen LogP contribution >= 0.6 is 0 Å². The molecule has 0 aliphatic carbocycles. The van der Waals surface area contributed by atoms with Gasteiger partial charge >= 0.3 is 0 Å². The quantitative estimate of drug-likeness (QED) is 0.584. The van der Waals surface area contributed by atoms with Crippen molar-refractivity contribution in [3.63, 3.8) is 0 Å². The first-order chi connectivity index (χ1) is 9.22. The van der Waals surface area contributed by atoms with Crippen LogP contribution < -0.4 is 10.6 Å². The van der Waals surface area contributed by atoms with E-state index in [-0.39, 0.29) is 18.1 Å². The maximum atomic E-state index is 11.6. The third kappa shape index (κ3) is 8.18. The lowest BCUT2D eigenvalue weighted by atomic mass is 10.2. The third-order valence-corrected chi connectivity index (χ3v) is 3.16. The second-order valence-electron chi connectivity index (χ2n) is 5.08. The molecular weight excluding hydrogens is 244 g/mol. The summed E-state index contributed by atoms with van der Waals surface area (Å²) in [5, 5.41) is 6.13. The molecule has 1 aliphatic rings. The highest BCUT2D eigenvalue weighted by atomic mass is 16.5. The maximum absolute atomic E-state index is 11.6. The molecule has 2 atom stereocenters. The Balaban J connectivity index is 1.88. The summed E-state index contributed by atoms with van der Waals surface area (Å²) in [6.07, 6.45) is 3.93. The highest BCUT2D eigenvalue weighted by Gasteiger charge is 2.14. The van der Waals surface area contributed by atoms with Crippen LogP contribution in [0.25, 0.3) is 0 Å². The van der Waals surface area contributed by atoms with E-state index in [0.29, 0.717) is 26.2 Å². The minimum absolute atomic E-state index is 0.104. The molecule has 0 radical (unpaired) electrons. The Labute approximate surface area is 116 Å². The van der Waals surface area contributed by atoms with E-state index in [4.69, 9.17) is 9.47 Å². The Hall–Kier alpha value is -0.650. The van der Waals surface area contributed by atoms with Gasteiger partial charge in [-0.05, 0) is 32.7 Å². The monoisotopic (exact) mass is 272 g/mol. The first kappa shape index (κ1) is 16.4. The van der Waals surface area contributed by atoms with Gasteiger partial charge in [-0.3, -0.25) is 4.79 Å². The van der Waals surface area contributed by atoms with Crippen molar-refractivity contribution in [2.45, 2.75) is 51.7 Å². The van der Waals surface area contributed by atoms with Gasteiger partial charge in [0.15, 0.2) is 0 Å². The second-order valence-corrected chi connectivity index (χ2v) is 5.08. The van der Waals surface area contributed by atoms with Gasteiger partial charge in [0.05, 0.1) is 12.7 Å². The molecular formula is C14H28N2O3. The fourth-order valence-corrected chi connectivity index (χ4v) is 2.16. The standard InChI is InChI=1S/C14H28N2O3/c1-3-15-12(2)10-14(17)16-7-5-8-18-11-13-6-4-9-19-13/h12-13,15H,3-11H2,1-2H3,(H,16,17). The van der Waals surface area contributed by atoms with Crippen molar-refractivity contribution in [3.05, 3.63) is 0 Å². The fraction of sp³-hybridized carbons (Fsp3) is 0.929. The van der Waals surface area contributed by atoms with Crippen LogP contribution in [0.1, 0.15) is 39.5 Å². The molecule has 5 heteroatoms. The molecule has 2 N–H and O–H groups in total. The van der Waals surface area contributed by atoms with Crippen LogP contribution in [-0.4, -0.2) is 51.0 Å². The second kappa shape index (κ2) is 10.2. The van der Waals surface area contributed by atoms with Gasteiger partial charge in [-0.2, -0.15) is 0 Å². The summed E-state index contributed by atoms with van der Waals surface area (Å²) in [6, 6.07) is 0.237. The van der Waals surface area contributed by atoms with Crippen LogP contribution in [0.4, 0.5) is 0 Å². The van der Waals surface area contributed by atoms with Gasteiger partial charge in [-0.1, -0.05) is 6.92 Å². The van der Waals surface area contributed by atoms with Crippen LogP contribution in [0.15, 0.2) is 0 Å². The molecule has 1 aliphatic heterocycles. The number of rotatable bonds is 10. The van der Waals surface area contributed by atoms with Crippen molar-refractivity contribution in [2.24, 2.45) is 0 Å². The highest BCUT2D eigenvalue weighted by molar-refractivity contribution is 5.76. The van der Waals surface area contributed by atoms with E-state index >= 15 is 0 Å². The van der Waals surface area contributed by atoms with Gasteiger partial charge in [0.1, 0.15) is 0 Å². The summed E-state index contributed by atoms with van der Waals surface area (Å²) in [5.41, 5.74) is 0. The first-order valence-corrected chi connectivity index (χ1v) is 7.41. The van der Waals surface area contributed by atoms with Crippen LogP contribution in [0.5, 0.6) is 0 Å². The van der Waals surface area contributed by atoms with Crippen molar-refractivity contribution in [3.8, 4) is 0 Å². The molecule has 1 heterocycles. The number of carbonyl (C=O) groups is 1. The van der Waals surface area contributed by atoms with E-state index in [1.54, 1.807) is 0 Å². The minimum Gasteiger partial charge on any atom is -0.379 e. The SMILES string of the molecule is CCNC(C)CC(=O)NCCCOCC1CCCO1. The molecule has 1 rings (SSSR count). The zero-order chi connectivity index (χ0) is 13.9. The van der Waals surface area contributed by atoms with Crippen LogP contribution in [0, 0.1) is 0 Å². The van der Waals surface area contributed by atoms with Gasteiger partial charge in [0.25, 0.3) is 0 Å². The Morgan fingerprint density at radius 1 is 1.53 bits per heavy atom. The average Bonchev–Trinajstić information content (AvgIpc) is 2.86. The topological polar surface area (TPSA) is 59.6 Å². The molecule has 5 nitrogen and oxygen atoms in total. The molecule has 0 bridgehead atoms. The van der Waals surface area contributed by atoms with Gasteiger partial charge in [-0.15, -0.1) is 0 Å². The Kier molecular flexibility index (Phi) is 8.79. The molecule has 0 aromatic rings. The zero-order valence-corrected chi connectivity index (χ0v) is 12.2. The number of nitrogens with one attached hydrogen (secondary N) is 2. The molecule has 0 aromatic heterocycles. The molecule has 0 spiro atoms. The number of carbonyl (C=O) groups excluding carboxylic acids is 1. The largest absolute Gasteiger partial charge is 0.379 e. The third-order valence-electron chi connectivity index (χ3n) is 3.16. The molecule has 112 valence electrons. The van der Waals surface area contributed by atoms with E-state index in [1.165, 1.54) is 0 Å². The number of hydrogen-bond acceptors (Lipinski definition) is 4. The summed E-state index contributed by atoms with van der Waals surface area (Å²) < 4.78 is 11.0. The van der Waals surface area contributed by atoms with Crippen molar-refractivity contribution < 1.29 is 14.3 Å². The van der Waals surface area contributed by atoms with Gasteiger partial charge < -0.3 is 20.1 Å². The molecule has 1 amide bonds. The summed E-state index contributed by atoms with van der Waals surface area (Å²) in [6.45, 7) is 7.88. The number of ether oxygens (including phenoxy) is 2. The maximum Gasteiger partial charge on any atom is 0.221 e. The van der Waals surface area contributed by atoms with Gasteiger partial charge in [0, 0.05) is 32.2 Å². The Morgan fingerprint density at radius 2 is 2.37 bits per heavy atom. The molecule has 1 saturated heterocycles. The van der Waals surface area contributed by atoms with Gasteiger partial charge in [-0.25, -0.2) is 0 Å². The summed E-state index contributed by atoms with van der Waals surface area (Å²) in [5.74, 6) is 0.104. The highest BCUT2D eigenvalue weighted by Crippen LogP contribution is 2.11. The molecule has 0 aromatic carbocycles. The normalized spacial score (nSPS) is 20.4. The van der Waals surface area contributed by atoms with E-state index < -0.39 is 0 Å². The predicted molar refractivity (Wildman–Crippen MR) is 75.2 cm³/mol. The number of amides is 1. The lowest BCUT2D eigenvalue weighted by molar-refractivity contribution is -0.121. The lowest BCUT2D eigenvalue weighted by Gasteiger charge is -2.12. The number of hydrogen-bond donors (Lipinski definition) is 2. The predicted octanol–water partition coefficient (Wildman–Crippen LogP) is 1.08. The summed E-state index contributed by atoms with van der Waals surface area (Å²) in [7, 11) is 0. The van der Waals surface area contributed by atoms with E-state index in [9.17, 15) is 4.79 Å². The lowest BCUT2D eigenvalue weighted by Crippen LogP contribution is -2.34. The van der Waals surface area contributed by atoms with Crippen LogP contribution in [-0.2, 0) is 14.3 Å². The van der Waals surface area contributed by atoms with E-state index in [1.807, 2.05) is 13.8 Å². The van der Waals surface area contributed by atoms with Crippen LogP contribution in [0.3, 0.4) is 0 Å². The zero-order valence-electron chi connectivity index (χ0n) is 12.2. The molecule has 2 unspecified atom stereocenters. The van der Waals surface area contributed by atoms with Crippen molar-refractivity contribution in [1.82, 2.24) is 10.6 Å². The van der Waals surface area contributed by atoms with Gasteiger partial charge in [0.2, 0.25) is 5.91 Å². The van der Waals surface area contributed by atoms with Crippen molar-refractivity contribution >= 4 is 5.91 Å². The van der Waals surface area contributed by atoms with E-state index in [2.05, 4.69) is 10.6 Å². The minimum atomic E-state index is 0.104. The first-order valence-electron chi connectivity index (χ1n) is 7.41. The fourth-order valence-electron chi connectivity index (χ4n) is 2.16. The Morgan fingerprint density at radius 3 is 3.05 bits per heavy atom. The molecule has 19 heavy (non-hydrogen) atoms. The average molecular weight is 272 g/mol. The van der Waals surface area contributed by atoms with Crippen molar-refractivity contribution in [1.29, 1.82) is 0 Å². The smallest absolute Gasteiger partial charge is 0.221 e. The Bertz CT molecular complexity index is 243. The molecule has 0 saturated carbocycles. The summed E-state index contributed by atoms with van der Waals surface area (Å²) >= 11 is 0. The summed E-state index contributed by atoms with van der Waals surface area (Å²) in [4.78, 5) is 11.6.